The summed E-state index contributed by atoms with van der Waals surface area (Å²) in [6.45, 7) is 1.83. The van der Waals surface area contributed by atoms with Crippen molar-refractivity contribution in [3.8, 4) is 5.75 Å². The first-order valence-corrected chi connectivity index (χ1v) is 11.2. The highest BCUT2D eigenvalue weighted by atomic mass is 19.4. The molecule has 2 fully saturated rings. The number of nitrogens with one attached hydrogen (secondary N) is 2. The van der Waals surface area contributed by atoms with E-state index in [0.717, 1.165) is 17.0 Å². The number of anilines is 4. The average molecular weight is 511 g/mol. The second-order valence-electron chi connectivity index (χ2n) is 8.67. The summed E-state index contributed by atoms with van der Waals surface area (Å²) in [6.07, 6.45) is -3.06. The van der Waals surface area contributed by atoms with Crippen molar-refractivity contribution in [3.63, 3.8) is 0 Å². The van der Waals surface area contributed by atoms with Gasteiger partial charge in [0.15, 0.2) is 0 Å². The lowest BCUT2D eigenvalue weighted by molar-refractivity contribution is -0.274. The van der Waals surface area contributed by atoms with Gasteiger partial charge in [-0.15, -0.1) is 13.2 Å². The average Bonchev–Trinajstić information content (AvgIpc) is 3.45. The monoisotopic (exact) mass is 511 g/mol. The third-order valence-corrected chi connectivity index (χ3v) is 6.23. The summed E-state index contributed by atoms with van der Waals surface area (Å²) in [7, 11) is 0. The molecule has 9 nitrogen and oxygen atoms in total. The number of carbonyl (C=O) groups excluding carboxylic acids is 3. The first-order chi connectivity index (χ1) is 17.6. The standard InChI is InChI=1S/C25H20F3N5O4/c1-15-14-24(15)21(34)32(17-7-9-19(10-8-17)37-25(26,27)28)23(36)33(24)18-11-12-29-20(13-18)31-22(35)30-16-5-3-2-4-6-16/h2-13,15H,14H2,1H3,(H2,29,30,31,35). The SMILES string of the molecule is CC1CC12C(=O)N(c1ccc(OC(F)(F)F)cc1)C(=O)N2c1ccnc(NC(=O)Nc2ccccc2)c1. The van der Waals surface area contributed by atoms with Crippen molar-refractivity contribution in [1.29, 1.82) is 0 Å². The van der Waals surface area contributed by atoms with Crippen LogP contribution in [0.5, 0.6) is 5.75 Å². The Bertz CT molecular complexity index is 1370. The van der Waals surface area contributed by atoms with Crippen molar-refractivity contribution >= 4 is 40.8 Å². The minimum Gasteiger partial charge on any atom is -0.406 e. The van der Waals surface area contributed by atoms with Crippen LogP contribution in [-0.4, -0.2) is 34.9 Å². The second kappa shape index (κ2) is 8.80. The summed E-state index contributed by atoms with van der Waals surface area (Å²) in [5.41, 5.74) is -0.111. The lowest BCUT2D eigenvalue weighted by Crippen LogP contribution is -2.39. The number of rotatable bonds is 5. The third-order valence-electron chi connectivity index (χ3n) is 6.23. The molecule has 37 heavy (non-hydrogen) atoms. The van der Waals surface area contributed by atoms with Gasteiger partial charge in [-0.3, -0.25) is 15.0 Å². The maximum atomic E-state index is 13.5. The van der Waals surface area contributed by atoms with E-state index in [0.29, 0.717) is 17.8 Å². The lowest BCUT2D eigenvalue weighted by atomic mass is 10.1. The molecule has 190 valence electrons. The van der Waals surface area contributed by atoms with Gasteiger partial charge in [-0.25, -0.2) is 19.5 Å². The Kier molecular flexibility index (Phi) is 5.73. The largest absolute Gasteiger partial charge is 0.573 e. The van der Waals surface area contributed by atoms with Crippen molar-refractivity contribution in [2.24, 2.45) is 5.92 Å². The predicted octanol–water partition coefficient (Wildman–Crippen LogP) is 5.38. The Labute approximate surface area is 208 Å². The van der Waals surface area contributed by atoms with Crippen molar-refractivity contribution in [2.75, 3.05) is 20.4 Å². The minimum absolute atomic E-state index is 0.111. The van der Waals surface area contributed by atoms with E-state index in [1.807, 2.05) is 13.0 Å². The van der Waals surface area contributed by atoms with Crippen molar-refractivity contribution in [2.45, 2.75) is 25.2 Å². The molecule has 1 saturated carbocycles. The number of amides is 5. The maximum Gasteiger partial charge on any atom is 0.573 e. The van der Waals surface area contributed by atoms with Crippen molar-refractivity contribution in [3.05, 3.63) is 72.9 Å². The highest BCUT2D eigenvalue weighted by Gasteiger charge is 2.70. The molecule has 3 aromatic rings. The number of pyridine rings is 1. The van der Waals surface area contributed by atoms with E-state index in [4.69, 9.17) is 0 Å². The van der Waals surface area contributed by atoms with Crippen LogP contribution in [0.15, 0.2) is 72.9 Å². The van der Waals surface area contributed by atoms with Crippen molar-refractivity contribution < 1.29 is 32.3 Å². The molecule has 2 N–H and O–H groups in total. The van der Waals surface area contributed by atoms with Gasteiger partial charge < -0.3 is 10.1 Å². The molecule has 2 aliphatic rings. The van der Waals surface area contributed by atoms with Gasteiger partial charge in [0.25, 0.3) is 5.91 Å². The Hall–Kier alpha value is -4.61. The van der Waals surface area contributed by atoms with Crippen LogP contribution >= 0.6 is 0 Å². The molecule has 5 rings (SSSR count). The zero-order valence-corrected chi connectivity index (χ0v) is 19.3. The molecule has 2 heterocycles. The van der Waals surface area contributed by atoms with Gasteiger partial charge in [0.05, 0.1) is 11.4 Å². The van der Waals surface area contributed by atoms with E-state index in [9.17, 15) is 27.6 Å². The molecule has 0 bridgehead atoms. The van der Waals surface area contributed by atoms with Crippen LogP contribution < -0.4 is 25.2 Å². The molecule has 2 atom stereocenters. The van der Waals surface area contributed by atoms with E-state index >= 15 is 0 Å². The molecule has 5 amide bonds. The molecule has 1 aliphatic heterocycles. The summed E-state index contributed by atoms with van der Waals surface area (Å²) in [6, 6.07) is 15.1. The molecule has 2 unspecified atom stereocenters. The first-order valence-electron chi connectivity index (χ1n) is 11.2. The Morgan fingerprint density at radius 3 is 2.32 bits per heavy atom. The first kappa shape index (κ1) is 24.1. The maximum absolute atomic E-state index is 13.5. The second-order valence-corrected chi connectivity index (χ2v) is 8.67. The quantitative estimate of drug-likeness (QED) is 0.448. The normalized spacial score (nSPS) is 20.8. The van der Waals surface area contributed by atoms with E-state index in [1.54, 1.807) is 30.3 Å². The van der Waals surface area contributed by atoms with Crippen LogP contribution in [0.3, 0.4) is 0 Å². The zero-order valence-electron chi connectivity index (χ0n) is 19.3. The van der Waals surface area contributed by atoms with E-state index in [1.165, 1.54) is 29.3 Å². The molecule has 2 aromatic carbocycles. The number of nitrogens with zero attached hydrogens (tertiary/aromatic N) is 3. The molecular formula is C25H20F3N5O4. The van der Waals surface area contributed by atoms with Crippen LogP contribution in [0.1, 0.15) is 13.3 Å². The number of halogens is 3. The number of alkyl halides is 3. The van der Waals surface area contributed by atoms with Crippen LogP contribution in [0, 0.1) is 5.92 Å². The van der Waals surface area contributed by atoms with Crippen molar-refractivity contribution in [1.82, 2.24) is 4.98 Å². The molecular weight excluding hydrogens is 491 g/mol. The number of hydrogen-bond donors (Lipinski definition) is 2. The predicted molar refractivity (Wildman–Crippen MR) is 128 cm³/mol. The molecule has 1 saturated heterocycles. The third kappa shape index (κ3) is 4.53. The summed E-state index contributed by atoms with van der Waals surface area (Å²) in [5, 5.41) is 5.27. The zero-order chi connectivity index (χ0) is 26.4. The molecule has 1 aliphatic carbocycles. The van der Waals surface area contributed by atoms with Gasteiger partial charge in [-0.1, -0.05) is 25.1 Å². The van der Waals surface area contributed by atoms with Crippen LogP contribution in [0.4, 0.5) is 45.6 Å². The fourth-order valence-corrected chi connectivity index (χ4v) is 4.46. The van der Waals surface area contributed by atoms with Crippen LogP contribution in [0.25, 0.3) is 0 Å². The summed E-state index contributed by atoms with van der Waals surface area (Å²) in [4.78, 5) is 45.7. The fraction of sp³-hybridized carbons (Fsp3) is 0.200. The molecule has 0 radical (unpaired) electrons. The minimum atomic E-state index is -4.86. The summed E-state index contributed by atoms with van der Waals surface area (Å²) < 4.78 is 41.4. The Morgan fingerprint density at radius 2 is 1.70 bits per heavy atom. The van der Waals surface area contributed by atoms with Gasteiger partial charge in [0, 0.05) is 18.0 Å². The van der Waals surface area contributed by atoms with Gasteiger partial charge >= 0.3 is 18.4 Å². The Morgan fingerprint density at radius 1 is 1.03 bits per heavy atom. The van der Waals surface area contributed by atoms with Gasteiger partial charge in [0.1, 0.15) is 17.1 Å². The highest BCUT2D eigenvalue weighted by molar-refractivity contribution is 6.32. The molecule has 1 spiro atoms. The van der Waals surface area contributed by atoms with E-state index in [-0.39, 0.29) is 17.4 Å². The molecule has 12 heteroatoms. The number of aromatic nitrogens is 1. The summed E-state index contributed by atoms with van der Waals surface area (Å²) in [5.74, 6) is -0.961. The number of ether oxygens (including phenoxy) is 1. The van der Waals surface area contributed by atoms with Crippen LogP contribution in [0.2, 0.25) is 0 Å². The smallest absolute Gasteiger partial charge is 0.406 e. The molecule has 1 aromatic heterocycles. The van der Waals surface area contributed by atoms with Crippen LogP contribution in [-0.2, 0) is 4.79 Å². The number of hydrogen-bond acceptors (Lipinski definition) is 5. The number of benzene rings is 2. The highest BCUT2D eigenvalue weighted by Crippen LogP contribution is 2.55. The lowest BCUT2D eigenvalue weighted by Gasteiger charge is -2.22. The number of imide groups is 1. The topological polar surface area (TPSA) is 104 Å². The van der Waals surface area contributed by atoms with E-state index < -0.39 is 35.6 Å². The van der Waals surface area contributed by atoms with Gasteiger partial charge in [0.2, 0.25) is 0 Å². The number of para-hydroxylation sites is 1. The summed E-state index contributed by atoms with van der Waals surface area (Å²) >= 11 is 0. The number of urea groups is 2. The van der Waals surface area contributed by atoms with Gasteiger partial charge in [-0.05, 0) is 54.8 Å². The van der Waals surface area contributed by atoms with Gasteiger partial charge in [-0.2, -0.15) is 0 Å². The fourth-order valence-electron chi connectivity index (χ4n) is 4.46. The van der Waals surface area contributed by atoms with E-state index in [2.05, 4.69) is 20.4 Å². The number of carbonyl (C=O) groups is 3. The Balaban J connectivity index is 1.39.